The number of anilines is 2. The molecule has 1 aromatic carbocycles. The maximum absolute atomic E-state index is 13.4. The van der Waals surface area contributed by atoms with E-state index >= 15 is 0 Å². The fourth-order valence-electron chi connectivity index (χ4n) is 4.00. The Morgan fingerprint density at radius 1 is 1.18 bits per heavy atom. The lowest BCUT2D eigenvalue weighted by Gasteiger charge is -2.20. The quantitative estimate of drug-likeness (QED) is 0.167. The van der Waals surface area contributed by atoms with Crippen molar-refractivity contribution in [2.75, 3.05) is 18.7 Å². The topological polar surface area (TPSA) is 161 Å². The van der Waals surface area contributed by atoms with Crippen molar-refractivity contribution in [1.82, 2.24) is 24.8 Å². The van der Waals surface area contributed by atoms with Gasteiger partial charge in [-0.2, -0.15) is 5.10 Å². The summed E-state index contributed by atoms with van der Waals surface area (Å²) in [6.07, 6.45) is 5.51. The second kappa shape index (κ2) is 12.2. The van der Waals surface area contributed by atoms with Crippen LogP contribution in [0.1, 0.15) is 51.6 Å². The molecule has 1 aliphatic carbocycles. The van der Waals surface area contributed by atoms with Gasteiger partial charge in [-0.25, -0.2) is 24.0 Å². The van der Waals surface area contributed by atoms with Gasteiger partial charge in [-0.05, 0) is 62.9 Å². The van der Waals surface area contributed by atoms with E-state index in [0.717, 1.165) is 22.6 Å². The number of rotatable bonds is 10. The minimum atomic E-state index is -0.950. The number of hydrogen-bond acceptors (Lipinski definition) is 10. The van der Waals surface area contributed by atoms with Crippen molar-refractivity contribution in [2.24, 2.45) is 0 Å². The summed E-state index contributed by atoms with van der Waals surface area (Å²) in [4.78, 5) is 65.7. The molecule has 2 heterocycles. The molecule has 40 heavy (non-hydrogen) atoms. The first-order chi connectivity index (χ1) is 19.2. The van der Waals surface area contributed by atoms with Crippen LogP contribution in [-0.4, -0.2) is 69.0 Å². The number of imide groups is 1. The third-order valence-corrected chi connectivity index (χ3v) is 6.17. The highest BCUT2D eigenvalue weighted by atomic mass is 16.7. The second-order valence-corrected chi connectivity index (χ2v) is 8.98. The van der Waals surface area contributed by atoms with Crippen LogP contribution in [0.15, 0.2) is 42.9 Å². The molecule has 3 aromatic rings. The molecule has 2 N–H and O–H groups in total. The average molecular weight is 549 g/mol. The second-order valence-electron chi connectivity index (χ2n) is 8.98. The lowest BCUT2D eigenvalue weighted by molar-refractivity contribution is -0.146. The van der Waals surface area contributed by atoms with E-state index in [4.69, 9.17) is 9.47 Å². The molecule has 13 heteroatoms. The lowest BCUT2D eigenvalue weighted by Crippen LogP contribution is -2.39. The zero-order valence-electron chi connectivity index (χ0n) is 22.2. The van der Waals surface area contributed by atoms with Gasteiger partial charge in [-0.1, -0.05) is 6.07 Å². The van der Waals surface area contributed by atoms with Crippen LogP contribution in [0.3, 0.4) is 0 Å². The summed E-state index contributed by atoms with van der Waals surface area (Å²) in [5.74, 6) is -1.24. The smallest absolute Gasteiger partial charge is 0.419 e. The van der Waals surface area contributed by atoms with E-state index in [1.807, 2.05) is 13.8 Å². The van der Waals surface area contributed by atoms with Crippen LogP contribution in [0.5, 0.6) is 0 Å². The molecule has 2 aromatic heterocycles. The highest BCUT2D eigenvalue weighted by Gasteiger charge is 2.39. The molecule has 0 spiro atoms. The van der Waals surface area contributed by atoms with Crippen molar-refractivity contribution in [3.8, 4) is 0 Å². The van der Waals surface area contributed by atoms with Gasteiger partial charge in [0.2, 0.25) is 6.79 Å². The number of aryl methyl sites for hydroxylation is 2. The lowest BCUT2D eigenvalue weighted by atomic mass is 10.1. The number of aromatic nitrogens is 3. The largest absolute Gasteiger partial charge is 0.425 e. The van der Waals surface area contributed by atoms with Crippen molar-refractivity contribution in [1.29, 1.82) is 0 Å². The van der Waals surface area contributed by atoms with Crippen molar-refractivity contribution >= 4 is 47.2 Å². The molecule has 0 atom stereocenters. The van der Waals surface area contributed by atoms with Crippen LogP contribution in [0.25, 0.3) is 5.52 Å². The first-order valence-electron chi connectivity index (χ1n) is 12.5. The SMILES string of the molecule is CCNC(=O)c1cn2ncnc(Nc3cc(C(=O)N(C(=O)OCOC(=O)/C=C/C=O)C4CC4)ccc3C)c2c1C. The summed E-state index contributed by atoms with van der Waals surface area (Å²) in [5, 5.41) is 10.2. The van der Waals surface area contributed by atoms with E-state index in [1.165, 1.54) is 6.33 Å². The number of amides is 3. The highest BCUT2D eigenvalue weighted by molar-refractivity contribution is 6.04. The number of nitrogens with one attached hydrogen (secondary N) is 2. The number of ether oxygens (including phenoxy) is 2. The Hall–Kier alpha value is -5.07. The van der Waals surface area contributed by atoms with Gasteiger partial charge < -0.3 is 20.1 Å². The Balaban J connectivity index is 1.55. The van der Waals surface area contributed by atoms with Gasteiger partial charge in [-0.3, -0.25) is 14.4 Å². The van der Waals surface area contributed by atoms with Crippen molar-refractivity contribution in [2.45, 2.75) is 39.7 Å². The van der Waals surface area contributed by atoms with Crippen LogP contribution >= 0.6 is 0 Å². The Morgan fingerprint density at radius 2 is 1.95 bits per heavy atom. The molecule has 3 amide bonds. The molecule has 13 nitrogen and oxygen atoms in total. The standard InChI is InChI=1S/C27H28N6O7/c1-4-28-25(36)20-13-32-23(17(20)3)24(29-14-30-32)31-21-12-18(8-7-16(21)2)26(37)33(19-9-10-19)27(38)40-15-39-22(35)6-5-11-34/h5-8,11-14,19H,4,9-10,15H2,1-3H3,(H,28,36)(H,29,30,31)/b6-5+. The average Bonchev–Trinajstić information content (AvgIpc) is 3.70. The summed E-state index contributed by atoms with van der Waals surface area (Å²) in [6.45, 7) is 5.26. The maximum atomic E-state index is 13.4. The molecule has 0 bridgehead atoms. The minimum Gasteiger partial charge on any atom is -0.425 e. The number of esters is 1. The summed E-state index contributed by atoms with van der Waals surface area (Å²) < 4.78 is 11.3. The number of carbonyl (C=O) groups excluding carboxylic acids is 5. The first-order valence-corrected chi connectivity index (χ1v) is 12.5. The molecule has 208 valence electrons. The molecular weight excluding hydrogens is 520 g/mol. The molecule has 4 rings (SSSR count). The highest BCUT2D eigenvalue weighted by Crippen LogP contribution is 2.31. The van der Waals surface area contributed by atoms with Crippen LogP contribution in [0.4, 0.5) is 16.3 Å². The van der Waals surface area contributed by atoms with Crippen LogP contribution in [0.2, 0.25) is 0 Å². The number of nitrogens with zero attached hydrogens (tertiary/aromatic N) is 4. The van der Waals surface area contributed by atoms with Gasteiger partial charge in [0.1, 0.15) is 18.1 Å². The van der Waals surface area contributed by atoms with E-state index in [9.17, 15) is 24.0 Å². The monoisotopic (exact) mass is 548 g/mol. The van der Waals surface area contributed by atoms with Gasteiger partial charge in [0.25, 0.3) is 11.8 Å². The van der Waals surface area contributed by atoms with Crippen molar-refractivity contribution < 1.29 is 33.4 Å². The van der Waals surface area contributed by atoms with Gasteiger partial charge >= 0.3 is 12.1 Å². The van der Waals surface area contributed by atoms with Gasteiger partial charge in [-0.15, -0.1) is 0 Å². The molecule has 0 aliphatic heterocycles. The van der Waals surface area contributed by atoms with Crippen LogP contribution in [0, 0.1) is 13.8 Å². The van der Waals surface area contributed by atoms with E-state index in [-0.39, 0.29) is 17.5 Å². The van der Waals surface area contributed by atoms with Gasteiger partial charge in [0.05, 0.1) is 5.56 Å². The number of aldehydes is 1. The molecule has 0 unspecified atom stereocenters. The number of allylic oxidation sites excluding steroid dienone is 1. The Morgan fingerprint density at radius 3 is 2.65 bits per heavy atom. The van der Waals surface area contributed by atoms with E-state index in [2.05, 4.69) is 20.7 Å². The zero-order valence-corrected chi connectivity index (χ0v) is 22.2. The Kier molecular flexibility index (Phi) is 8.52. The molecule has 1 fully saturated rings. The first kappa shape index (κ1) is 28.0. The van der Waals surface area contributed by atoms with Gasteiger partial charge in [0.15, 0.2) is 5.82 Å². The van der Waals surface area contributed by atoms with E-state index in [1.54, 1.807) is 35.8 Å². The molecule has 0 saturated heterocycles. The summed E-state index contributed by atoms with van der Waals surface area (Å²) >= 11 is 0. The minimum absolute atomic E-state index is 0.223. The molecule has 1 aliphatic rings. The zero-order chi connectivity index (χ0) is 28.8. The number of hydrogen-bond donors (Lipinski definition) is 2. The normalized spacial score (nSPS) is 12.7. The van der Waals surface area contributed by atoms with Crippen LogP contribution < -0.4 is 10.6 Å². The number of fused-ring (bicyclic) bond motifs is 1. The summed E-state index contributed by atoms with van der Waals surface area (Å²) in [6, 6.07) is 4.60. The third-order valence-electron chi connectivity index (χ3n) is 6.17. The molecular formula is C27H28N6O7. The predicted molar refractivity (Wildman–Crippen MR) is 142 cm³/mol. The molecule has 1 saturated carbocycles. The number of benzene rings is 1. The van der Waals surface area contributed by atoms with Gasteiger partial charge in [0, 0.05) is 36.1 Å². The van der Waals surface area contributed by atoms with Crippen LogP contribution in [-0.2, 0) is 19.1 Å². The maximum Gasteiger partial charge on any atom is 0.419 e. The molecule has 0 radical (unpaired) electrons. The summed E-state index contributed by atoms with van der Waals surface area (Å²) in [5.41, 5.74) is 3.34. The predicted octanol–water partition coefficient (Wildman–Crippen LogP) is 2.84. The van der Waals surface area contributed by atoms with Crippen molar-refractivity contribution in [3.63, 3.8) is 0 Å². The fraction of sp³-hybridized carbons (Fsp3) is 0.296. The van der Waals surface area contributed by atoms with E-state index in [0.29, 0.717) is 53.8 Å². The Labute approximate surface area is 229 Å². The Bertz CT molecular complexity index is 1510. The third kappa shape index (κ3) is 6.14. The summed E-state index contributed by atoms with van der Waals surface area (Å²) in [7, 11) is 0. The number of carbonyl (C=O) groups is 5. The van der Waals surface area contributed by atoms with E-state index < -0.39 is 24.8 Å². The van der Waals surface area contributed by atoms with Crippen molar-refractivity contribution in [3.05, 3.63) is 65.1 Å². The fourth-order valence-corrected chi connectivity index (χ4v) is 4.00.